The van der Waals surface area contributed by atoms with E-state index in [-0.39, 0.29) is 0 Å². The Labute approximate surface area is 109 Å². The lowest BCUT2D eigenvalue weighted by Crippen LogP contribution is -2.42. The van der Waals surface area contributed by atoms with Crippen LogP contribution in [0.1, 0.15) is 84.5 Å². The highest BCUT2D eigenvalue weighted by atomic mass is 15.2. The number of hydrogen-bond acceptors (Lipinski definition) is 1. The maximum atomic E-state index is 2.63. The molecule has 0 bridgehead atoms. The fraction of sp³-hybridized carbons (Fsp3) is 1.00. The molecule has 1 heteroatoms. The van der Waals surface area contributed by atoms with Gasteiger partial charge in [0.05, 0.1) is 0 Å². The van der Waals surface area contributed by atoms with E-state index in [1.54, 1.807) is 0 Å². The Bertz CT molecular complexity index is 178. The third-order valence-corrected chi connectivity index (χ3v) is 4.57. The van der Waals surface area contributed by atoms with Crippen molar-refractivity contribution < 1.29 is 0 Å². The van der Waals surface area contributed by atoms with Gasteiger partial charge < -0.3 is 4.90 Å². The monoisotopic (exact) mass is 239 g/mol. The fourth-order valence-electron chi connectivity index (χ4n) is 3.10. The minimum atomic E-state index is 0.818. The average Bonchev–Trinajstić information content (AvgIpc) is 2.33. The SMILES string of the molecule is CCCCCCCCC[C@@H]1CCC[C@H](C)N1C. The van der Waals surface area contributed by atoms with Crippen molar-refractivity contribution >= 4 is 0 Å². The normalized spacial score (nSPS) is 26.3. The van der Waals surface area contributed by atoms with E-state index in [0.717, 1.165) is 12.1 Å². The number of unbranched alkanes of at least 4 members (excludes halogenated alkanes) is 6. The number of rotatable bonds is 8. The van der Waals surface area contributed by atoms with E-state index in [9.17, 15) is 0 Å². The van der Waals surface area contributed by atoms with Gasteiger partial charge in [-0.15, -0.1) is 0 Å². The van der Waals surface area contributed by atoms with Crippen molar-refractivity contribution in [1.29, 1.82) is 0 Å². The standard InChI is InChI=1S/C16H33N/c1-4-5-6-7-8-9-10-13-16-14-11-12-15(2)17(16)3/h15-16H,4-14H2,1-3H3/t15-,16+/m0/s1. The van der Waals surface area contributed by atoms with Gasteiger partial charge in [0.1, 0.15) is 0 Å². The smallest absolute Gasteiger partial charge is 0.00950 e. The van der Waals surface area contributed by atoms with E-state index >= 15 is 0 Å². The molecule has 1 aliphatic rings. The third kappa shape index (κ3) is 5.90. The summed E-state index contributed by atoms with van der Waals surface area (Å²) in [6, 6.07) is 1.70. The van der Waals surface area contributed by atoms with Crippen LogP contribution >= 0.6 is 0 Å². The molecule has 0 aliphatic carbocycles. The summed E-state index contributed by atoms with van der Waals surface area (Å²) in [4.78, 5) is 2.63. The zero-order chi connectivity index (χ0) is 12.5. The second kappa shape index (κ2) is 8.97. The lowest BCUT2D eigenvalue weighted by Gasteiger charge is -2.38. The summed E-state index contributed by atoms with van der Waals surface area (Å²) in [6.45, 7) is 4.68. The zero-order valence-electron chi connectivity index (χ0n) is 12.4. The van der Waals surface area contributed by atoms with Gasteiger partial charge in [0.15, 0.2) is 0 Å². The lowest BCUT2D eigenvalue weighted by atomic mass is 9.93. The summed E-state index contributed by atoms with van der Waals surface area (Å²) in [5, 5.41) is 0. The molecule has 1 saturated heterocycles. The predicted octanol–water partition coefficient (Wildman–Crippen LogP) is 5.00. The number of piperidine rings is 1. The topological polar surface area (TPSA) is 3.24 Å². The van der Waals surface area contributed by atoms with Crippen LogP contribution < -0.4 is 0 Å². The Morgan fingerprint density at radius 2 is 1.59 bits per heavy atom. The summed E-state index contributed by atoms with van der Waals surface area (Å²) in [5.41, 5.74) is 0. The van der Waals surface area contributed by atoms with Gasteiger partial charge in [-0.05, 0) is 33.2 Å². The summed E-state index contributed by atoms with van der Waals surface area (Å²) in [7, 11) is 2.33. The van der Waals surface area contributed by atoms with E-state index in [0.29, 0.717) is 0 Å². The second-order valence-corrected chi connectivity index (χ2v) is 6.01. The van der Waals surface area contributed by atoms with E-state index in [4.69, 9.17) is 0 Å². The molecule has 0 unspecified atom stereocenters. The van der Waals surface area contributed by atoms with Crippen LogP contribution in [0.5, 0.6) is 0 Å². The molecule has 1 nitrogen and oxygen atoms in total. The number of hydrogen-bond donors (Lipinski definition) is 0. The molecule has 0 aromatic carbocycles. The molecule has 2 atom stereocenters. The van der Waals surface area contributed by atoms with Gasteiger partial charge in [-0.3, -0.25) is 0 Å². The van der Waals surface area contributed by atoms with Gasteiger partial charge in [0.2, 0.25) is 0 Å². The highest BCUT2D eigenvalue weighted by Gasteiger charge is 2.23. The summed E-state index contributed by atoms with van der Waals surface area (Å²) in [5.74, 6) is 0. The Morgan fingerprint density at radius 1 is 0.941 bits per heavy atom. The quantitative estimate of drug-likeness (QED) is 0.539. The third-order valence-electron chi connectivity index (χ3n) is 4.57. The highest BCUT2D eigenvalue weighted by molar-refractivity contribution is 4.79. The van der Waals surface area contributed by atoms with Crippen LogP contribution in [0.2, 0.25) is 0 Å². The first-order chi connectivity index (χ1) is 8.25. The van der Waals surface area contributed by atoms with Crippen LogP contribution in [-0.4, -0.2) is 24.0 Å². The molecular formula is C16H33N. The molecule has 0 saturated carbocycles. The summed E-state index contributed by atoms with van der Waals surface area (Å²) in [6.07, 6.45) is 15.8. The van der Waals surface area contributed by atoms with Crippen molar-refractivity contribution in [2.24, 2.45) is 0 Å². The maximum absolute atomic E-state index is 2.63. The average molecular weight is 239 g/mol. The second-order valence-electron chi connectivity index (χ2n) is 6.01. The van der Waals surface area contributed by atoms with Gasteiger partial charge in [-0.1, -0.05) is 58.3 Å². The van der Waals surface area contributed by atoms with Crippen LogP contribution in [0.25, 0.3) is 0 Å². The molecule has 0 amide bonds. The van der Waals surface area contributed by atoms with Crippen molar-refractivity contribution in [3.05, 3.63) is 0 Å². The number of nitrogens with zero attached hydrogens (tertiary/aromatic N) is 1. The van der Waals surface area contributed by atoms with Crippen molar-refractivity contribution in [3.8, 4) is 0 Å². The molecule has 0 spiro atoms. The van der Waals surface area contributed by atoms with E-state index in [2.05, 4.69) is 25.8 Å². The fourth-order valence-corrected chi connectivity index (χ4v) is 3.10. The summed E-state index contributed by atoms with van der Waals surface area (Å²) < 4.78 is 0. The van der Waals surface area contributed by atoms with Crippen LogP contribution in [0.3, 0.4) is 0 Å². The Hall–Kier alpha value is -0.0400. The Kier molecular flexibility index (Phi) is 7.92. The molecule has 1 fully saturated rings. The van der Waals surface area contributed by atoms with Crippen molar-refractivity contribution in [2.45, 2.75) is 96.6 Å². The number of likely N-dealkylation sites (tertiary alicyclic amines) is 1. The largest absolute Gasteiger partial charge is 0.301 e. The Balaban J connectivity index is 1.98. The van der Waals surface area contributed by atoms with Crippen molar-refractivity contribution in [3.63, 3.8) is 0 Å². The van der Waals surface area contributed by atoms with Crippen molar-refractivity contribution in [2.75, 3.05) is 7.05 Å². The van der Waals surface area contributed by atoms with Crippen molar-refractivity contribution in [1.82, 2.24) is 4.90 Å². The molecule has 0 aromatic heterocycles. The van der Waals surface area contributed by atoms with E-state index in [1.807, 2.05) is 0 Å². The molecule has 17 heavy (non-hydrogen) atoms. The first-order valence-electron chi connectivity index (χ1n) is 7.97. The lowest BCUT2D eigenvalue weighted by molar-refractivity contribution is 0.117. The van der Waals surface area contributed by atoms with E-state index < -0.39 is 0 Å². The molecule has 1 rings (SSSR count). The Morgan fingerprint density at radius 3 is 2.29 bits per heavy atom. The van der Waals surface area contributed by atoms with Crippen LogP contribution in [0, 0.1) is 0 Å². The first kappa shape index (κ1) is 15.0. The minimum Gasteiger partial charge on any atom is -0.301 e. The van der Waals surface area contributed by atoms with Crippen LogP contribution in [0.4, 0.5) is 0 Å². The maximum Gasteiger partial charge on any atom is 0.00950 e. The zero-order valence-corrected chi connectivity index (χ0v) is 12.4. The molecule has 0 aromatic rings. The molecular weight excluding hydrogens is 206 g/mol. The molecule has 0 radical (unpaired) electrons. The molecule has 0 N–H and O–H groups in total. The molecule has 1 aliphatic heterocycles. The van der Waals surface area contributed by atoms with Gasteiger partial charge >= 0.3 is 0 Å². The summed E-state index contributed by atoms with van der Waals surface area (Å²) >= 11 is 0. The predicted molar refractivity (Wildman–Crippen MR) is 77.5 cm³/mol. The van der Waals surface area contributed by atoms with Gasteiger partial charge in [-0.2, -0.15) is 0 Å². The van der Waals surface area contributed by atoms with Gasteiger partial charge in [-0.25, -0.2) is 0 Å². The van der Waals surface area contributed by atoms with Gasteiger partial charge in [0, 0.05) is 12.1 Å². The van der Waals surface area contributed by atoms with Crippen LogP contribution in [0.15, 0.2) is 0 Å². The molecule has 102 valence electrons. The van der Waals surface area contributed by atoms with E-state index in [1.165, 1.54) is 70.6 Å². The molecule has 1 heterocycles. The van der Waals surface area contributed by atoms with Gasteiger partial charge in [0.25, 0.3) is 0 Å². The van der Waals surface area contributed by atoms with Crippen LogP contribution in [-0.2, 0) is 0 Å². The first-order valence-corrected chi connectivity index (χ1v) is 7.97. The highest BCUT2D eigenvalue weighted by Crippen LogP contribution is 2.24. The minimum absolute atomic E-state index is 0.818.